The van der Waals surface area contributed by atoms with Crippen molar-refractivity contribution in [2.75, 3.05) is 6.54 Å². The van der Waals surface area contributed by atoms with Gasteiger partial charge >= 0.3 is 0 Å². The summed E-state index contributed by atoms with van der Waals surface area (Å²) < 4.78 is 1.62. The zero-order valence-corrected chi connectivity index (χ0v) is 6.56. The van der Waals surface area contributed by atoms with Crippen LogP contribution >= 0.6 is 0 Å². The lowest BCUT2D eigenvalue weighted by Gasteiger charge is -2.19. The minimum Gasteiger partial charge on any atom is -0.245 e. The Morgan fingerprint density at radius 3 is 2.82 bits per heavy atom. The minimum atomic E-state index is -0.363. The summed E-state index contributed by atoms with van der Waals surface area (Å²) in [5, 5.41) is 10.2. The smallest absolute Gasteiger partial charge is 0.106 e. The zero-order chi connectivity index (χ0) is 8.32. The Balaban J connectivity index is 2.81. The molecule has 0 fully saturated rings. The number of rotatable bonds is 3. The Bertz CT molecular complexity index is 229. The van der Waals surface area contributed by atoms with Gasteiger partial charge in [-0.05, 0) is 13.8 Å². The van der Waals surface area contributed by atoms with Crippen molar-refractivity contribution >= 4 is 0 Å². The number of nitrogens with zero attached hydrogens (tertiary/aromatic N) is 4. The molecule has 60 valence electrons. The van der Waals surface area contributed by atoms with Gasteiger partial charge in [0.05, 0.1) is 11.7 Å². The Hall–Kier alpha value is -1.26. The second kappa shape index (κ2) is 2.77. The van der Waals surface area contributed by atoms with E-state index in [1.807, 2.05) is 13.8 Å². The largest absolute Gasteiger partial charge is 0.245 e. The van der Waals surface area contributed by atoms with E-state index in [0.29, 0.717) is 0 Å². The molecular weight excluding hydrogens is 144 g/mol. The van der Waals surface area contributed by atoms with Crippen molar-refractivity contribution < 1.29 is 0 Å². The first-order valence-corrected chi connectivity index (χ1v) is 3.33. The second-order valence-corrected chi connectivity index (χ2v) is 2.95. The molecule has 5 nitrogen and oxygen atoms in total. The standard InChI is InChI=1S/C6H10N4O/c1-6(2,5-8-11)10-4-3-7-9-10/h3-4H,5H2,1-2H3. The normalized spacial score (nSPS) is 11.5. The maximum Gasteiger partial charge on any atom is 0.106 e. The highest BCUT2D eigenvalue weighted by Gasteiger charge is 2.20. The van der Waals surface area contributed by atoms with Gasteiger partial charge < -0.3 is 0 Å². The van der Waals surface area contributed by atoms with Crippen LogP contribution in [0, 0.1) is 4.91 Å². The molecule has 0 saturated heterocycles. The van der Waals surface area contributed by atoms with Crippen molar-refractivity contribution in [2.24, 2.45) is 5.18 Å². The molecule has 0 aliphatic carbocycles. The van der Waals surface area contributed by atoms with E-state index in [0.717, 1.165) is 0 Å². The van der Waals surface area contributed by atoms with Crippen molar-refractivity contribution in [1.82, 2.24) is 15.0 Å². The summed E-state index contributed by atoms with van der Waals surface area (Å²) in [4.78, 5) is 10.0. The molecule has 0 unspecified atom stereocenters. The van der Waals surface area contributed by atoms with Crippen LogP contribution in [-0.4, -0.2) is 21.5 Å². The lowest BCUT2D eigenvalue weighted by Crippen LogP contribution is -2.30. The molecule has 1 aromatic rings. The molecule has 5 heteroatoms. The van der Waals surface area contributed by atoms with Crippen molar-refractivity contribution in [2.45, 2.75) is 19.4 Å². The third-order valence-corrected chi connectivity index (χ3v) is 1.49. The van der Waals surface area contributed by atoms with Crippen LogP contribution in [0.1, 0.15) is 13.8 Å². The van der Waals surface area contributed by atoms with E-state index in [4.69, 9.17) is 0 Å². The van der Waals surface area contributed by atoms with Crippen LogP contribution in [0.3, 0.4) is 0 Å². The van der Waals surface area contributed by atoms with E-state index < -0.39 is 0 Å². The van der Waals surface area contributed by atoms with Crippen molar-refractivity contribution in [3.8, 4) is 0 Å². The van der Waals surface area contributed by atoms with Gasteiger partial charge in [-0.1, -0.05) is 10.4 Å². The molecule has 0 bridgehead atoms. The van der Waals surface area contributed by atoms with Gasteiger partial charge in [0.25, 0.3) is 0 Å². The van der Waals surface area contributed by atoms with Crippen molar-refractivity contribution in [3.05, 3.63) is 17.3 Å². The maximum atomic E-state index is 10.0. The van der Waals surface area contributed by atoms with Crippen LogP contribution in [-0.2, 0) is 5.54 Å². The summed E-state index contributed by atoms with van der Waals surface area (Å²) in [5.41, 5.74) is -0.363. The average molecular weight is 154 g/mol. The quantitative estimate of drug-likeness (QED) is 0.604. The Kier molecular flexibility index (Phi) is 1.98. The molecule has 0 aliphatic rings. The molecule has 11 heavy (non-hydrogen) atoms. The van der Waals surface area contributed by atoms with Gasteiger partial charge in [0, 0.05) is 6.20 Å². The van der Waals surface area contributed by atoms with Crippen molar-refractivity contribution in [3.63, 3.8) is 0 Å². The molecule has 0 N–H and O–H groups in total. The molecule has 1 rings (SSSR count). The number of hydrogen-bond donors (Lipinski definition) is 0. The summed E-state index contributed by atoms with van der Waals surface area (Å²) in [6, 6.07) is 0. The highest BCUT2D eigenvalue weighted by atomic mass is 16.3. The third-order valence-electron chi connectivity index (χ3n) is 1.49. The third kappa shape index (κ3) is 1.60. The summed E-state index contributed by atoms with van der Waals surface area (Å²) in [5.74, 6) is 0. The van der Waals surface area contributed by atoms with E-state index in [2.05, 4.69) is 15.5 Å². The topological polar surface area (TPSA) is 60.1 Å². The highest BCUT2D eigenvalue weighted by molar-refractivity contribution is 4.80. The van der Waals surface area contributed by atoms with Crippen LogP contribution in [0.2, 0.25) is 0 Å². The molecule has 0 atom stereocenters. The first-order chi connectivity index (χ1) is 5.17. The first kappa shape index (κ1) is 7.84. The fraction of sp³-hybridized carbons (Fsp3) is 0.667. The second-order valence-electron chi connectivity index (χ2n) is 2.95. The highest BCUT2D eigenvalue weighted by Crippen LogP contribution is 2.12. The van der Waals surface area contributed by atoms with Crippen LogP contribution in [0.25, 0.3) is 0 Å². The Labute approximate surface area is 64.4 Å². The molecular formula is C6H10N4O. The summed E-state index contributed by atoms with van der Waals surface area (Å²) in [7, 11) is 0. The van der Waals surface area contributed by atoms with E-state index in [9.17, 15) is 4.91 Å². The summed E-state index contributed by atoms with van der Waals surface area (Å²) in [6.07, 6.45) is 3.29. The van der Waals surface area contributed by atoms with Gasteiger partial charge in [0.1, 0.15) is 6.54 Å². The number of hydrogen-bond acceptors (Lipinski definition) is 4. The van der Waals surface area contributed by atoms with E-state index >= 15 is 0 Å². The van der Waals surface area contributed by atoms with Gasteiger partial charge in [-0.3, -0.25) is 0 Å². The monoisotopic (exact) mass is 154 g/mol. The number of nitroso groups, excluding NO2 is 1. The Morgan fingerprint density at radius 1 is 1.64 bits per heavy atom. The van der Waals surface area contributed by atoms with Gasteiger partial charge in [-0.25, -0.2) is 4.68 Å². The van der Waals surface area contributed by atoms with E-state index in [-0.39, 0.29) is 12.1 Å². The maximum absolute atomic E-state index is 10.0. The molecule has 0 spiro atoms. The fourth-order valence-electron chi connectivity index (χ4n) is 0.761. The molecule has 0 saturated carbocycles. The predicted octanol–water partition coefficient (Wildman–Crippen LogP) is 0.780. The van der Waals surface area contributed by atoms with Gasteiger partial charge in [-0.15, -0.1) is 5.10 Å². The van der Waals surface area contributed by atoms with Crippen LogP contribution < -0.4 is 0 Å². The fourth-order valence-corrected chi connectivity index (χ4v) is 0.761. The molecule has 0 amide bonds. The van der Waals surface area contributed by atoms with Crippen molar-refractivity contribution in [1.29, 1.82) is 0 Å². The van der Waals surface area contributed by atoms with Crippen LogP contribution in [0.4, 0.5) is 0 Å². The Morgan fingerprint density at radius 2 is 2.36 bits per heavy atom. The van der Waals surface area contributed by atoms with Gasteiger partial charge in [-0.2, -0.15) is 4.91 Å². The molecule has 0 radical (unpaired) electrons. The minimum absolute atomic E-state index is 0.205. The van der Waals surface area contributed by atoms with E-state index in [1.54, 1.807) is 17.1 Å². The van der Waals surface area contributed by atoms with Crippen LogP contribution in [0.15, 0.2) is 17.6 Å². The lowest BCUT2D eigenvalue weighted by atomic mass is 10.1. The molecule has 1 heterocycles. The van der Waals surface area contributed by atoms with Gasteiger partial charge in [0.15, 0.2) is 0 Å². The molecule has 0 aliphatic heterocycles. The molecule has 0 aromatic carbocycles. The summed E-state index contributed by atoms with van der Waals surface area (Å²) >= 11 is 0. The van der Waals surface area contributed by atoms with Crippen LogP contribution in [0.5, 0.6) is 0 Å². The average Bonchev–Trinajstić information content (AvgIpc) is 2.37. The number of aromatic nitrogens is 3. The molecule has 1 aromatic heterocycles. The predicted molar refractivity (Wildman–Crippen MR) is 40.0 cm³/mol. The summed E-state index contributed by atoms with van der Waals surface area (Å²) in [6.45, 7) is 3.96. The first-order valence-electron chi connectivity index (χ1n) is 3.33. The van der Waals surface area contributed by atoms with E-state index in [1.165, 1.54) is 0 Å². The zero-order valence-electron chi connectivity index (χ0n) is 6.56. The lowest BCUT2D eigenvalue weighted by molar-refractivity contribution is 0.322. The SMILES string of the molecule is CC(C)(CN=O)n1ccnn1. The van der Waals surface area contributed by atoms with Gasteiger partial charge in [0.2, 0.25) is 0 Å².